The Morgan fingerprint density at radius 2 is 1.29 bits per heavy atom. The molecule has 0 saturated heterocycles. The van der Waals surface area contributed by atoms with Crippen LogP contribution in [0.1, 0.15) is 48.0 Å². The molecule has 0 N–H and O–H groups in total. The maximum Gasteiger partial charge on any atom is 0.0437 e. The zero-order chi connectivity index (χ0) is 11.8. The molecule has 0 atom stereocenters. The summed E-state index contributed by atoms with van der Waals surface area (Å²) in [4.78, 5) is 0. The molecule has 14 heavy (non-hydrogen) atoms. The summed E-state index contributed by atoms with van der Waals surface area (Å²) in [6, 6.07) is 0. The van der Waals surface area contributed by atoms with Crippen molar-refractivity contribution in [3.05, 3.63) is 0 Å². The van der Waals surface area contributed by atoms with Gasteiger partial charge in [0.05, 0.1) is 0 Å². The van der Waals surface area contributed by atoms with Gasteiger partial charge in [-0.3, -0.25) is 0 Å². The number of hydrogen-bond acceptors (Lipinski definition) is 2. The van der Waals surface area contributed by atoms with E-state index in [1.807, 2.05) is 25.6 Å². The van der Waals surface area contributed by atoms with E-state index in [9.17, 15) is 0 Å². The van der Waals surface area contributed by atoms with Crippen LogP contribution in [0.25, 0.3) is 0 Å². The minimum Gasteiger partial charge on any atom is -0.382 e. The standard InChI is InChI=1S/C5H12.C4H10O.C3H8S/c1-4-5(2)3;1-3-5-4-2;1-3-4-2/h5H,4H2,1-3H3;3-4H2,1-2H3;3H2,1-2H3. The second-order valence-corrected chi connectivity index (χ2v) is 4.32. The first-order valence-corrected chi connectivity index (χ1v) is 7.06. The molecule has 0 aliphatic rings. The van der Waals surface area contributed by atoms with Crippen LogP contribution in [0.2, 0.25) is 0 Å². The van der Waals surface area contributed by atoms with Gasteiger partial charge in [0, 0.05) is 13.2 Å². The highest BCUT2D eigenvalue weighted by molar-refractivity contribution is 7.98. The van der Waals surface area contributed by atoms with Gasteiger partial charge >= 0.3 is 0 Å². The molecule has 0 aliphatic heterocycles. The molecule has 0 radical (unpaired) electrons. The summed E-state index contributed by atoms with van der Waals surface area (Å²) in [5.74, 6) is 2.12. The SMILES string of the molecule is CCC(C)C.CCOCC.CCSC. The van der Waals surface area contributed by atoms with Crippen molar-refractivity contribution in [2.24, 2.45) is 5.92 Å². The molecule has 0 rings (SSSR count). The molecule has 0 bridgehead atoms. The van der Waals surface area contributed by atoms with Crippen LogP contribution in [0, 0.1) is 5.92 Å². The molecule has 90 valence electrons. The van der Waals surface area contributed by atoms with Crippen LogP contribution in [-0.4, -0.2) is 25.2 Å². The fourth-order valence-corrected chi connectivity index (χ4v) is 0.204. The van der Waals surface area contributed by atoms with Crippen LogP contribution in [-0.2, 0) is 4.74 Å². The number of rotatable bonds is 4. The zero-order valence-corrected chi connectivity index (χ0v) is 12.0. The van der Waals surface area contributed by atoms with Crippen molar-refractivity contribution < 1.29 is 4.74 Å². The Hall–Kier alpha value is 0.310. The third kappa shape index (κ3) is 55.8. The van der Waals surface area contributed by atoms with Gasteiger partial charge in [0.25, 0.3) is 0 Å². The lowest BCUT2D eigenvalue weighted by atomic mass is 10.2. The second-order valence-electron chi connectivity index (χ2n) is 3.16. The lowest BCUT2D eigenvalue weighted by Gasteiger charge is -1.90. The Balaban J connectivity index is -0.000000131. The topological polar surface area (TPSA) is 9.23 Å². The van der Waals surface area contributed by atoms with Gasteiger partial charge in [-0.15, -0.1) is 0 Å². The normalized spacial score (nSPS) is 8.57. The average molecular weight is 222 g/mol. The lowest BCUT2D eigenvalue weighted by molar-refractivity contribution is 0.162. The molecule has 0 heterocycles. The van der Waals surface area contributed by atoms with E-state index in [4.69, 9.17) is 4.74 Å². The Bertz CT molecular complexity index is 61.3. The van der Waals surface area contributed by atoms with Crippen molar-refractivity contribution in [1.82, 2.24) is 0 Å². The summed E-state index contributed by atoms with van der Waals surface area (Å²) in [5.41, 5.74) is 0. The fourth-order valence-electron chi connectivity index (χ4n) is 0.204. The molecule has 0 aromatic rings. The highest BCUT2D eigenvalue weighted by Gasteiger charge is 1.80. The molecule has 0 amide bonds. The minimum absolute atomic E-state index is 0.844. The summed E-state index contributed by atoms with van der Waals surface area (Å²) in [7, 11) is 0. The van der Waals surface area contributed by atoms with Crippen LogP contribution in [0.5, 0.6) is 0 Å². The Kier molecular flexibility index (Phi) is 32.9. The molecule has 2 heteroatoms. The average Bonchev–Trinajstić information content (AvgIpc) is 2.20. The number of ether oxygens (including phenoxy) is 1. The zero-order valence-electron chi connectivity index (χ0n) is 11.2. The molecule has 0 aromatic heterocycles. The van der Waals surface area contributed by atoms with Crippen molar-refractivity contribution in [2.45, 2.75) is 48.0 Å². The molecule has 0 unspecified atom stereocenters. The van der Waals surface area contributed by atoms with Gasteiger partial charge in [-0.2, -0.15) is 11.8 Å². The monoisotopic (exact) mass is 222 g/mol. The van der Waals surface area contributed by atoms with E-state index >= 15 is 0 Å². The van der Waals surface area contributed by atoms with Crippen LogP contribution in [0.4, 0.5) is 0 Å². The third-order valence-electron chi connectivity index (χ3n) is 1.51. The predicted molar refractivity (Wildman–Crippen MR) is 71.4 cm³/mol. The van der Waals surface area contributed by atoms with Gasteiger partial charge < -0.3 is 4.74 Å². The van der Waals surface area contributed by atoms with Crippen LogP contribution < -0.4 is 0 Å². The highest BCUT2D eigenvalue weighted by atomic mass is 32.2. The maximum atomic E-state index is 4.83. The van der Waals surface area contributed by atoms with Gasteiger partial charge in [0.15, 0.2) is 0 Å². The summed E-state index contributed by atoms with van der Waals surface area (Å²) in [6.45, 7) is 14.5. The quantitative estimate of drug-likeness (QED) is 0.694. The van der Waals surface area contributed by atoms with Gasteiger partial charge in [-0.1, -0.05) is 34.1 Å². The van der Waals surface area contributed by atoms with E-state index in [2.05, 4.69) is 34.0 Å². The number of thioether (sulfide) groups is 1. The van der Waals surface area contributed by atoms with Crippen LogP contribution >= 0.6 is 11.8 Å². The van der Waals surface area contributed by atoms with Gasteiger partial charge in [0.2, 0.25) is 0 Å². The third-order valence-corrected chi connectivity index (χ3v) is 2.09. The summed E-state index contributed by atoms with van der Waals surface area (Å²) in [6.07, 6.45) is 3.40. The Morgan fingerprint density at radius 3 is 1.29 bits per heavy atom. The highest BCUT2D eigenvalue weighted by Crippen LogP contribution is 1.93. The molecular formula is C12H30OS. The van der Waals surface area contributed by atoms with Crippen molar-refractivity contribution in [1.29, 1.82) is 0 Å². The molecule has 0 saturated carbocycles. The van der Waals surface area contributed by atoms with Crippen molar-refractivity contribution in [3.8, 4) is 0 Å². The Morgan fingerprint density at radius 1 is 1.00 bits per heavy atom. The van der Waals surface area contributed by atoms with E-state index < -0.39 is 0 Å². The van der Waals surface area contributed by atoms with Gasteiger partial charge in [0.1, 0.15) is 0 Å². The molecule has 1 nitrogen and oxygen atoms in total. The summed E-state index contributed by atoms with van der Waals surface area (Å²) >= 11 is 1.86. The molecule has 0 aliphatic carbocycles. The van der Waals surface area contributed by atoms with Crippen molar-refractivity contribution >= 4 is 11.8 Å². The second kappa shape index (κ2) is 23.3. The predicted octanol–water partition coefficient (Wildman–Crippen LogP) is 4.46. The first-order valence-electron chi connectivity index (χ1n) is 5.67. The fraction of sp³-hybridized carbons (Fsp3) is 1.00. The van der Waals surface area contributed by atoms with Crippen LogP contribution in [0.15, 0.2) is 0 Å². The van der Waals surface area contributed by atoms with Crippen LogP contribution in [0.3, 0.4) is 0 Å². The van der Waals surface area contributed by atoms with E-state index in [-0.39, 0.29) is 0 Å². The molecule has 0 aromatic carbocycles. The largest absolute Gasteiger partial charge is 0.382 e. The van der Waals surface area contributed by atoms with Gasteiger partial charge in [-0.05, 0) is 31.8 Å². The van der Waals surface area contributed by atoms with Gasteiger partial charge in [-0.25, -0.2) is 0 Å². The first kappa shape index (κ1) is 19.8. The maximum absolute atomic E-state index is 4.83. The van der Waals surface area contributed by atoms with Crippen molar-refractivity contribution in [3.63, 3.8) is 0 Å². The molecular weight excluding hydrogens is 192 g/mol. The summed E-state index contributed by atoms with van der Waals surface area (Å²) < 4.78 is 4.83. The summed E-state index contributed by atoms with van der Waals surface area (Å²) in [5, 5.41) is 0. The minimum atomic E-state index is 0.844. The molecule has 0 fully saturated rings. The lowest BCUT2D eigenvalue weighted by Crippen LogP contribution is -1.84. The van der Waals surface area contributed by atoms with Crippen molar-refractivity contribution in [2.75, 3.05) is 25.2 Å². The Labute approximate surface area is 96.0 Å². The van der Waals surface area contributed by atoms with E-state index in [0.717, 1.165) is 19.1 Å². The van der Waals surface area contributed by atoms with E-state index in [0.29, 0.717) is 0 Å². The first-order chi connectivity index (χ1) is 6.60. The molecule has 0 spiro atoms. The van der Waals surface area contributed by atoms with E-state index in [1.54, 1.807) is 0 Å². The smallest absolute Gasteiger partial charge is 0.0437 e. The number of hydrogen-bond donors (Lipinski definition) is 0. The van der Waals surface area contributed by atoms with E-state index in [1.165, 1.54) is 12.2 Å².